The molecule has 3 saturated heterocycles. The van der Waals surface area contributed by atoms with Crippen molar-refractivity contribution in [2.24, 2.45) is 11.8 Å². The summed E-state index contributed by atoms with van der Waals surface area (Å²) in [5.41, 5.74) is 0.519. The Hall–Kier alpha value is -3.47. The van der Waals surface area contributed by atoms with Gasteiger partial charge >= 0.3 is 6.09 Å². The van der Waals surface area contributed by atoms with E-state index in [1.165, 1.54) is 0 Å². The van der Waals surface area contributed by atoms with E-state index in [0.29, 0.717) is 26.2 Å². The van der Waals surface area contributed by atoms with E-state index in [1.807, 2.05) is 55.5 Å². The largest absolute Gasteiger partial charge is 0.447 e. The molecule has 3 fully saturated rings. The van der Waals surface area contributed by atoms with Gasteiger partial charge in [-0.3, -0.25) is 14.5 Å². The highest BCUT2D eigenvalue weighted by Crippen LogP contribution is 2.58. The zero-order valence-electron chi connectivity index (χ0n) is 24.4. The first-order valence-corrected chi connectivity index (χ1v) is 14.8. The predicted octanol–water partition coefficient (Wildman–Crippen LogP) is 3.18. The second-order valence-corrected chi connectivity index (χ2v) is 12.5. The quantitative estimate of drug-likeness (QED) is 0.519. The zero-order valence-corrected chi connectivity index (χ0v) is 24.4. The van der Waals surface area contributed by atoms with Gasteiger partial charge in [0.1, 0.15) is 6.61 Å². The lowest BCUT2D eigenvalue weighted by molar-refractivity contribution is -0.150. The van der Waals surface area contributed by atoms with Gasteiger partial charge in [0.05, 0.1) is 49.6 Å². The minimum atomic E-state index is -1.35. The third-order valence-electron chi connectivity index (χ3n) is 9.52. The van der Waals surface area contributed by atoms with Crippen molar-refractivity contribution in [1.82, 2.24) is 4.90 Å². The van der Waals surface area contributed by atoms with Gasteiger partial charge in [-0.05, 0) is 50.5 Å². The fourth-order valence-electron chi connectivity index (χ4n) is 7.62. The van der Waals surface area contributed by atoms with Gasteiger partial charge in [-0.1, -0.05) is 37.3 Å². The van der Waals surface area contributed by atoms with E-state index in [0.717, 1.165) is 35.3 Å². The molecule has 0 saturated carbocycles. The molecule has 4 aliphatic rings. The number of rotatable bonds is 7. The molecule has 4 heterocycles. The van der Waals surface area contributed by atoms with E-state index in [9.17, 15) is 24.6 Å². The molecule has 0 bridgehead atoms. The lowest BCUT2D eigenvalue weighted by atomic mass is 9.71. The van der Waals surface area contributed by atoms with Crippen molar-refractivity contribution in [2.75, 3.05) is 36.1 Å². The SMILES string of the molecule is C[C@H]1[C@H](C(C)(C)O)[C@@H](CC(=O)N2CCC[C@H]2CO)O[C@]12C(=O)N(Cc1ccc(N3CCOC3=O)cc1)c1ccccc12. The molecule has 42 heavy (non-hydrogen) atoms. The third-order valence-corrected chi connectivity index (χ3v) is 9.52. The molecule has 3 amide bonds. The number of para-hydroxylation sites is 1. The highest BCUT2D eigenvalue weighted by Gasteiger charge is 2.66. The van der Waals surface area contributed by atoms with Gasteiger partial charge < -0.3 is 29.5 Å². The highest BCUT2D eigenvalue weighted by molar-refractivity contribution is 6.07. The molecule has 2 N–H and O–H groups in total. The molecule has 10 nitrogen and oxygen atoms in total. The van der Waals surface area contributed by atoms with Crippen LogP contribution in [0, 0.1) is 11.8 Å². The van der Waals surface area contributed by atoms with Gasteiger partial charge in [-0.25, -0.2) is 4.79 Å². The summed E-state index contributed by atoms with van der Waals surface area (Å²) < 4.78 is 11.8. The minimum absolute atomic E-state index is 0.0209. The van der Waals surface area contributed by atoms with Crippen molar-refractivity contribution in [3.05, 3.63) is 59.7 Å². The van der Waals surface area contributed by atoms with Crippen molar-refractivity contribution in [3.8, 4) is 0 Å². The summed E-state index contributed by atoms with van der Waals surface area (Å²) >= 11 is 0. The average Bonchev–Trinajstić information content (AvgIpc) is 3.72. The maximum Gasteiger partial charge on any atom is 0.414 e. The number of anilines is 2. The monoisotopic (exact) mass is 577 g/mol. The van der Waals surface area contributed by atoms with E-state index in [-0.39, 0.29) is 37.0 Å². The Balaban J connectivity index is 1.30. The summed E-state index contributed by atoms with van der Waals surface area (Å²) in [5.74, 6) is -1.27. The zero-order chi connectivity index (χ0) is 29.8. The number of cyclic esters (lactones) is 1. The van der Waals surface area contributed by atoms with Crippen LogP contribution in [0.2, 0.25) is 0 Å². The second-order valence-electron chi connectivity index (χ2n) is 12.5. The Kier molecular flexibility index (Phi) is 7.27. The van der Waals surface area contributed by atoms with Gasteiger partial charge in [0.15, 0.2) is 5.60 Å². The fourth-order valence-corrected chi connectivity index (χ4v) is 7.62. The van der Waals surface area contributed by atoms with Crippen LogP contribution in [0.25, 0.3) is 0 Å². The van der Waals surface area contributed by atoms with Gasteiger partial charge in [-0.2, -0.15) is 0 Å². The van der Waals surface area contributed by atoms with Gasteiger partial charge in [-0.15, -0.1) is 0 Å². The first kappa shape index (κ1) is 28.6. The lowest BCUT2D eigenvalue weighted by Gasteiger charge is -2.34. The number of ether oxygens (including phenoxy) is 2. The molecule has 2 aromatic carbocycles. The highest BCUT2D eigenvalue weighted by atomic mass is 16.6. The van der Waals surface area contributed by atoms with Crippen LogP contribution in [0.5, 0.6) is 0 Å². The third kappa shape index (κ3) is 4.56. The van der Waals surface area contributed by atoms with Crippen LogP contribution in [-0.4, -0.2) is 77.1 Å². The number of nitrogens with zero attached hydrogens (tertiary/aromatic N) is 3. The first-order chi connectivity index (χ1) is 20.1. The minimum Gasteiger partial charge on any atom is -0.447 e. The molecule has 2 aromatic rings. The molecular weight excluding hydrogens is 538 g/mol. The molecule has 6 rings (SSSR count). The Labute approximate surface area is 245 Å². The predicted molar refractivity (Wildman–Crippen MR) is 155 cm³/mol. The van der Waals surface area contributed by atoms with Crippen LogP contribution < -0.4 is 9.80 Å². The average molecular weight is 578 g/mol. The van der Waals surface area contributed by atoms with E-state index in [2.05, 4.69) is 0 Å². The summed E-state index contributed by atoms with van der Waals surface area (Å²) in [5, 5.41) is 21.1. The molecule has 1 spiro atoms. The van der Waals surface area contributed by atoms with Crippen LogP contribution in [0.1, 0.15) is 51.2 Å². The molecule has 0 unspecified atom stereocenters. The molecule has 0 aromatic heterocycles. The maximum absolute atomic E-state index is 14.5. The molecule has 0 radical (unpaired) electrons. The summed E-state index contributed by atoms with van der Waals surface area (Å²) in [6, 6.07) is 14.9. The van der Waals surface area contributed by atoms with Crippen LogP contribution in [0.3, 0.4) is 0 Å². The number of aliphatic hydroxyl groups excluding tert-OH is 1. The fraction of sp³-hybridized carbons (Fsp3) is 0.531. The van der Waals surface area contributed by atoms with Crippen molar-refractivity contribution in [1.29, 1.82) is 0 Å². The number of benzene rings is 2. The van der Waals surface area contributed by atoms with E-state index < -0.39 is 29.1 Å². The summed E-state index contributed by atoms with van der Waals surface area (Å²) in [4.78, 5) is 44.9. The second kappa shape index (κ2) is 10.7. The van der Waals surface area contributed by atoms with Crippen LogP contribution in [0.15, 0.2) is 48.5 Å². The Morgan fingerprint density at radius 1 is 1.10 bits per heavy atom. The number of amides is 3. The summed E-state index contributed by atoms with van der Waals surface area (Å²) in [7, 11) is 0. The van der Waals surface area contributed by atoms with Crippen molar-refractivity contribution in [3.63, 3.8) is 0 Å². The number of hydrogen-bond acceptors (Lipinski definition) is 7. The van der Waals surface area contributed by atoms with Crippen LogP contribution in [0.4, 0.5) is 16.2 Å². The Morgan fingerprint density at radius 3 is 2.50 bits per heavy atom. The molecule has 10 heteroatoms. The Bertz CT molecular complexity index is 1370. The summed E-state index contributed by atoms with van der Waals surface area (Å²) in [6.45, 7) is 7.00. The van der Waals surface area contributed by atoms with Crippen LogP contribution in [-0.2, 0) is 31.2 Å². The topological polar surface area (TPSA) is 120 Å². The van der Waals surface area contributed by atoms with Gasteiger partial charge in [0, 0.05) is 29.6 Å². The smallest absolute Gasteiger partial charge is 0.414 e. The van der Waals surface area contributed by atoms with E-state index >= 15 is 0 Å². The lowest BCUT2D eigenvalue weighted by Crippen LogP contribution is -2.46. The molecule has 0 aliphatic carbocycles. The van der Waals surface area contributed by atoms with Gasteiger partial charge in [0.25, 0.3) is 5.91 Å². The number of fused-ring (bicyclic) bond motifs is 2. The van der Waals surface area contributed by atoms with E-state index in [1.54, 1.807) is 28.5 Å². The van der Waals surface area contributed by atoms with E-state index in [4.69, 9.17) is 9.47 Å². The molecule has 224 valence electrons. The van der Waals surface area contributed by atoms with Crippen LogP contribution >= 0.6 is 0 Å². The summed E-state index contributed by atoms with van der Waals surface area (Å²) in [6.07, 6.45) is 0.553. The normalized spacial score (nSPS) is 29.1. The van der Waals surface area contributed by atoms with Crippen molar-refractivity contribution < 1.29 is 34.1 Å². The number of carbonyl (C=O) groups is 3. The van der Waals surface area contributed by atoms with Crippen molar-refractivity contribution in [2.45, 2.75) is 69.9 Å². The molecule has 4 aliphatic heterocycles. The number of carbonyl (C=O) groups excluding carboxylic acids is 3. The van der Waals surface area contributed by atoms with Crippen molar-refractivity contribution >= 4 is 29.3 Å². The number of likely N-dealkylation sites (tertiary alicyclic amines) is 1. The molecular formula is C32H39N3O7. The standard InChI is InChI=1S/C32H39N3O7/c1-20-28(31(2,3)40)26(17-27(37)33-14-6-7-23(33)19-36)42-32(20)24-8-4-5-9-25(24)35(29(32)38)18-21-10-12-22(13-11-21)34-15-16-41-30(34)39/h4-5,8-13,20,23,26,28,36,40H,6-7,14-19H2,1-3H3/t20-,23-,26+,28-,32+/m0/s1. The van der Waals surface area contributed by atoms with Gasteiger partial charge in [0.2, 0.25) is 5.91 Å². The Morgan fingerprint density at radius 2 is 1.83 bits per heavy atom. The number of aliphatic hydroxyl groups is 2. The first-order valence-electron chi connectivity index (χ1n) is 14.8. The molecule has 5 atom stereocenters. The maximum atomic E-state index is 14.5. The number of hydrogen-bond donors (Lipinski definition) is 2.